The highest BCUT2D eigenvalue weighted by Gasteiger charge is 2.10. The molecule has 10 heavy (non-hydrogen) atoms. The Morgan fingerprint density at radius 2 is 2.60 bits per heavy atom. The summed E-state index contributed by atoms with van der Waals surface area (Å²) in [6.07, 6.45) is 2.18. The maximum absolute atomic E-state index is 5.55. The molecule has 1 aliphatic rings. The van der Waals surface area contributed by atoms with Crippen molar-refractivity contribution >= 4 is 0 Å². The monoisotopic (exact) mass is 138 g/mol. The number of hydrogen-bond acceptors (Lipinski definition) is 2. The van der Waals surface area contributed by atoms with E-state index in [4.69, 9.17) is 5.73 Å². The number of rotatable bonds is 1. The molecule has 0 spiro atoms. The van der Waals surface area contributed by atoms with Crippen LogP contribution in [0.2, 0.25) is 0 Å². The Kier molecular flexibility index (Phi) is 2.12. The van der Waals surface area contributed by atoms with Crippen molar-refractivity contribution in [2.45, 2.75) is 6.92 Å². The highest BCUT2D eigenvalue weighted by atomic mass is 14.9. The second kappa shape index (κ2) is 2.88. The van der Waals surface area contributed by atoms with Crippen LogP contribution in [-0.4, -0.2) is 13.1 Å². The summed E-state index contributed by atoms with van der Waals surface area (Å²) >= 11 is 0. The summed E-state index contributed by atoms with van der Waals surface area (Å²) in [5.74, 6) is 0.341. The fourth-order valence-electron chi connectivity index (χ4n) is 1.12. The van der Waals surface area contributed by atoms with Crippen molar-refractivity contribution in [1.82, 2.24) is 5.32 Å². The quantitative estimate of drug-likeness (QED) is 0.521. The Balaban J connectivity index is 2.62. The van der Waals surface area contributed by atoms with E-state index in [2.05, 4.69) is 24.9 Å². The SMILES string of the molecule is C=C(N)C1C=C(C)CNC1. The molecule has 3 N–H and O–H groups in total. The average Bonchev–Trinajstić information content (AvgIpc) is 1.88. The lowest BCUT2D eigenvalue weighted by atomic mass is 10.0. The van der Waals surface area contributed by atoms with E-state index in [9.17, 15) is 0 Å². The van der Waals surface area contributed by atoms with Crippen molar-refractivity contribution in [2.24, 2.45) is 11.7 Å². The van der Waals surface area contributed by atoms with Crippen LogP contribution in [0, 0.1) is 5.92 Å². The summed E-state index contributed by atoms with van der Waals surface area (Å²) in [7, 11) is 0. The van der Waals surface area contributed by atoms with Gasteiger partial charge in [-0.2, -0.15) is 0 Å². The molecule has 0 aliphatic carbocycles. The van der Waals surface area contributed by atoms with Crippen molar-refractivity contribution in [2.75, 3.05) is 13.1 Å². The lowest BCUT2D eigenvalue weighted by Gasteiger charge is -2.20. The molecule has 56 valence electrons. The summed E-state index contributed by atoms with van der Waals surface area (Å²) < 4.78 is 0. The van der Waals surface area contributed by atoms with Gasteiger partial charge in [0.2, 0.25) is 0 Å². The molecule has 1 rings (SSSR count). The predicted octanol–water partition coefficient (Wildman–Crippen LogP) is 0.625. The first-order valence-electron chi connectivity index (χ1n) is 3.52. The van der Waals surface area contributed by atoms with Gasteiger partial charge in [0, 0.05) is 24.7 Å². The zero-order valence-electron chi connectivity index (χ0n) is 6.35. The standard InChI is InChI=1S/C8H14N2/c1-6-3-8(7(2)9)5-10-4-6/h3,8,10H,2,4-5,9H2,1H3. The third-order valence-corrected chi connectivity index (χ3v) is 1.73. The van der Waals surface area contributed by atoms with Gasteiger partial charge < -0.3 is 11.1 Å². The second-order valence-electron chi connectivity index (χ2n) is 2.83. The number of nitrogens with two attached hydrogens (primary N) is 1. The third-order valence-electron chi connectivity index (χ3n) is 1.73. The van der Waals surface area contributed by atoms with Crippen molar-refractivity contribution in [1.29, 1.82) is 0 Å². The highest BCUT2D eigenvalue weighted by molar-refractivity contribution is 5.15. The fraction of sp³-hybridized carbons (Fsp3) is 0.500. The molecule has 0 radical (unpaired) electrons. The van der Waals surface area contributed by atoms with Crippen LogP contribution in [0.25, 0.3) is 0 Å². The molecular formula is C8H14N2. The number of hydrogen-bond donors (Lipinski definition) is 2. The first-order valence-corrected chi connectivity index (χ1v) is 3.52. The largest absolute Gasteiger partial charge is 0.402 e. The topological polar surface area (TPSA) is 38.0 Å². The Labute approximate surface area is 61.8 Å². The fourth-order valence-corrected chi connectivity index (χ4v) is 1.12. The first-order chi connectivity index (χ1) is 4.70. The normalized spacial score (nSPS) is 25.7. The van der Waals surface area contributed by atoms with E-state index >= 15 is 0 Å². The van der Waals surface area contributed by atoms with E-state index < -0.39 is 0 Å². The molecule has 0 saturated carbocycles. The summed E-state index contributed by atoms with van der Waals surface area (Å²) in [5, 5.41) is 3.26. The molecule has 0 amide bonds. The minimum Gasteiger partial charge on any atom is -0.402 e. The minimum absolute atomic E-state index is 0.341. The molecule has 1 heterocycles. The molecule has 1 atom stereocenters. The molecule has 0 aromatic carbocycles. The van der Waals surface area contributed by atoms with Crippen LogP contribution in [-0.2, 0) is 0 Å². The van der Waals surface area contributed by atoms with Crippen LogP contribution < -0.4 is 11.1 Å². The van der Waals surface area contributed by atoms with Gasteiger partial charge in [-0.1, -0.05) is 18.2 Å². The van der Waals surface area contributed by atoms with Gasteiger partial charge in [0.15, 0.2) is 0 Å². The molecular weight excluding hydrogens is 124 g/mol. The van der Waals surface area contributed by atoms with Crippen LogP contribution in [0.5, 0.6) is 0 Å². The van der Waals surface area contributed by atoms with E-state index in [1.54, 1.807) is 0 Å². The zero-order chi connectivity index (χ0) is 7.56. The van der Waals surface area contributed by atoms with Gasteiger partial charge in [-0.15, -0.1) is 0 Å². The maximum Gasteiger partial charge on any atom is 0.0286 e. The Morgan fingerprint density at radius 3 is 3.00 bits per heavy atom. The Morgan fingerprint density at radius 1 is 1.90 bits per heavy atom. The van der Waals surface area contributed by atoms with Gasteiger partial charge >= 0.3 is 0 Å². The third kappa shape index (κ3) is 1.61. The lowest BCUT2D eigenvalue weighted by Crippen LogP contribution is -2.30. The van der Waals surface area contributed by atoms with Crippen LogP contribution >= 0.6 is 0 Å². The van der Waals surface area contributed by atoms with Crippen LogP contribution in [0.15, 0.2) is 23.9 Å². The van der Waals surface area contributed by atoms with Crippen LogP contribution in [0.4, 0.5) is 0 Å². The average molecular weight is 138 g/mol. The molecule has 0 aromatic heterocycles. The van der Waals surface area contributed by atoms with Crippen molar-refractivity contribution in [3.8, 4) is 0 Å². The van der Waals surface area contributed by atoms with E-state index in [1.807, 2.05) is 0 Å². The summed E-state index contributed by atoms with van der Waals surface area (Å²) in [6.45, 7) is 7.73. The van der Waals surface area contributed by atoms with Crippen LogP contribution in [0.1, 0.15) is 6.92 Å². The van der Waals surface area contributed by atoms with Crippen molar-refractivity contribution in [3.05, 3.63) is 23.9 Å². The highest BCUT2D eigenvalue weighted by Crippen LogP contribution is 2.11. The molecule has 0 bridgehead atoms. The smallest absolute Gasteiger partial charge is 0.0286 e. The van der Waals surface area contributed by atoms with Gasteiger partial charge in [-0.25, -0.2) is 0 Å². The van der Waals surface area contributed by atoms with E-state index in [0.29, 0.717) is 5.92 Å². The molecule has 0 saturated heterocycles. The van der Waals surface area contributed by atoms with Gasteiger partial charge in [-0.05, 0) is 6.92 Å². The number of nitrogens with one attached hydrogen (secondary N) is 1. The van der Waals surface area contributed by atoms with Crippen molar-refractivity contribution in [3.63, 3.8) is 0 Å². The molecule has 1 unspecified atom stereocenters. The molecule has 1 aliphatic heterocycles. The van der Waals surface area contributed by atoms with Crippen LogP contribution in [0.3, 0.4) is 0 Å². The van der Waals surface area contributed by atoms with Crippen molar-refractivity contribution < 1.29 is 0 Å². The van der Waals surface area contributed by atoms with E-state index in [0.717, 1.165) is 18.8 Å². The Bertz CT molecular complexity index is 170. The van der Waals surface area contributed by atoms with E-state index in [1.165, 1.54) is 5.57 Å². The van der Waals surface area contributed by atoms with Gasteiger partial charge in [0.25, 0.3) is 0 Å². The molecule has 0 aromatic rings. The van der Waals surface area contributed by atoms with Gasteiger partial charge in [0.05, 0.1) is 0 Å². The molecule has 0 fully saturated rings. The first kappa shape index (κ1) is 7.35. The summed E-state index contributed by atoms with van der Waals surface area (Å²) in [6, 6.07) is 0. The van der Waals surface area contributed by atoms with Gasteiger partial charge in [-0.3, -0.25) is 0 Å². The maximum atomic E-state index is 5.55. The Hall–Kier alpha value is -0.760. The minimum atomic E-state index is 0.341. The summed E-state index contributed by atoms with van der Waals surface area (Å²) in [4.78, 5) is 0. The molecule has 2 nitrogen and oxygen atoms in total. The predicted molar refractivity (Wildman–Crippen MR) is 43.4 cm³/mol. The van der Waals surface area contributed by atoms with Gasteiger partial charge in [0.1, 0.15) is 0 Å². The van der Waals surface area contributed by atoms with E-state index in [-0.39, 0.29) is 0 Å². The lowest BCUT2D eigenvalue weighted by molar-refractivity contribution is 0.598. The second-order valence-corrected chi connectivity index (χ2v) is 2.83. The summed E-state index contributed by atoms with van der Waals surface area (Å²) in [5.41, 5.74) is 7.66. The molecule has 2 heteroatoms. The zero-order valence-corrected chi connectivity index (χ0v) is 6.35.